The molecule has 4 aromatic rings. The summed E-state index contributed by atoms with van der Waals surface area (Å²) in [5.41, 5.74) is 8.26. The second kappa shape index (κ2) is 12.1. The van der Waals surface area contributed by atoms with Gasteiger partial charge in [0.2, 0.25) is 0 Å². The van der Waals surface area contributed by atoms with Crippen LogP contribution in [-0.4, -0.2) is 70.9 Å². The van der Waals surface area contributed by atoms with Gasteiger partial charge in [0.25, 0.3) is 11.5 Å². The molecule has 2 aliphatic heterocycles. The van der Waals surface area contributed by atoms with E-state index in [4.69, 9.17) is 4.74 Å². The summed E-state index contributed by atoms with van der Waals surface area (Å²) in [7, 11) is 4.00. The summed E-state index contributed by atoms with van der Waals surface area (Å²) in [4.78, 5) is 47.8. The van der Waals surface area contributed by atoms with Crippen molar-refractivity contribution in [2.45, 2.75) is 59.2 Å². The number of carbonyl (C=O) groups excluding carboxylic acids is 1. The van der Waals surface area contributed by atoms with Crippen molar-refractivity contribution in [1.29, 1.82) is 0 Å². The highest BCUT2D eigenvalue weighted by Gasteiger charge is 2.57. The van der Waals surface area contributed by atoms with Gasteiger partial charge in [-0.05, 0) is 112 Å². The number of imidazole rings is 1. The molecule has 2 aromatic heterocycles. The number of pyridine rings is 1. The van der Waals surface area contributed by atoms with E-state index in [1.807, 2.05) is 44.5 Å². The molecule has 0 spiro atoms. The quantitative estimate of drug-likeness (QED) is 0.299. The van der Waals surface area contributed by atoms with Gasteiger partial charge in [0.05, 0.1) is 11.0 Å². The first kappa shape index (κ1) is 31.4. The minimum Gasteiger partial charge on any atom is -0.381 e. The van der Waals surface area contributed by atoms with Gasteiger partial charge in [-0.3, -0.25) is 18.7 Å². The van der Waals surface area contributed by atoms with E-state index < -0.39 is 0 Å². The van der Waals surface area contributed by atoms with Crippen molar-refractivity contribution in [2.75, 3.05) is 44.8 Å². The number of aryl methyl sites for hydroxylation is 3. The van der Waals surface area contributed by atoms with Gasteiger partial charge in [-0.1, -0.05) is 6.07 Å². The maximum absolute atomic E-state index is 14.0. The summed E-state index contributed by atoms with van der Waals surface area (Å²) >= 11 is 0. The molecule has 2 atom stereocenters. The third-order valence-corrected chi connectivity index (χ3v) is 10.9. The smallest absolute Gasteiger partial charge is 0.329 e. The number of carbonyl (C=O) groups is 1. The third-order valence-electron chi connectivity index (χ3n) is 10.9. The number of H-pyrrole nitrogens is 1. The van der Waals surface area contributed by atoms with Crippen LogP contribution < -0.4 is 21.5 Å². The number of hydrogen-bond donors (Lipinski definition) is 2. The number of benzene rings is 2. The van der Waals surface area contributed by atoms with Crippen LogP contribution >= 0.6 is 0 Å². The van der Waals surface area contributed by atoms with Crippen LogP contribution in [0.15, 0.2) is 46.0 Å². The van der Waals surface area contributed by atoms with Crippen LogP contribution in [0.3, 0.4) is 0 Å². The molecule has 10 heteroatoms. The number of amides is 1. The third kappa shape index (κ3) is 5.51. The largest absolute Gasteiger partial charge is 0.381 e. The number of aromatic amines is 1. The number of aromatic nitrogens is 3. The Bertz CT molecular complexity index is 1970. The van der Waals surface area contributed by atoms with Crippen molar-refractivity contribution in [2.24, 2.45) is 18.9 Å². The van der Waals surface area contributed by atoms with E-state index in [0.717, 1.165) is 90.4 Å². The Morgan fingerprint density at radius 1 is 0.979 bits per heavy atom. The zero-order valence-corrected chi connectivity index (χ0v) is 28.4. The zero-order chi connectivity index (χ0) is 33.1. The Kier molecular flexibility index (Phi) is 8.12. The van der Waals surface area contributed by atoms with Gasteiger partial charge in [0, 0.05) is 81.0 Å². The number of fused-ring (bicyclic) bond motifs is 2. The predicted octanol–water partition coefficient (Wildman–Crippen LogP) is 4.29. The lowest BCUT2D eigenvalue weighted by molar-refractivity contribution is 0.0846. The van der Waals surface area contributed by atoms with Crippen LogP contribution in [0.25, 0.3) is 22.2 Å². The lowest BCUT2D eigenvalue weighted by Crippen LogP contribution is -2.40. The van der Waals surface area contributed by atoms with Crippen molar-refractivity contribution in [3.63, 3.8) is 0 Å². The molecule has 248 valence electrons. The average Bonchev–Trinajstić information content (AvgIpc) is 3.41. The van der Waals surface area contributed by atoms with E-state index in [1.165, 1.54) is 0 Å². The van der Waals surface area contributed by atoms with Gasteiger partial charge in [-0.2, -0.15) is 0 Å². The Morgan fingerprint density at radius 3 is 2.38 bits per heavy atom. The molecule has 2 N–H and O–H groups in total. The maximum atomic E-state index is 14.0. The first-order valence-electron chi connectivity index (χ1n) is 16.9. The van der Waals surface area contributed by atoms with E-state index in [1.54, 1.807) is 4.57 Å². The fraction of sp³-hybridized carbons (Fsp3) is 0.486. The molecule has 0 bridgehead atoms. The number of ether oxygens (including phenoxy) is 1. The number of likely N-dealkylation sites (tertiary alicyclic amines) is 1. The van der Waals surface area contributed by atoms with Gasteiger partial charge in [-0.15, -0.1) is 0 Å². The maximum Gasteiger partial charge on any atom is 0.329 e. The van der Waals surface area contributed by atoms with Gasteiger partial charge >= 0.3 is 5.69 Å². The molecule has 2 aromatic carbocycles. The van der Waals surface area contributed by atoms with Gasteiger partial charge in [-0.25, -0.2) is 4.79 Å². The molecule has 7 rings (SSSR count). The lowest BCUT2D eigenvalue weighted by atomic mass is 9.95. The minimum absolute atomic E-state index is 0.0296. The van der Waals surface area contributed by atoms with E-state index in [9.17, 15) is 14.4 Å². The second-order valence-electron chi connectivity index (χ2n) is 13.9. The fourth-order valence-electron chi connectivity index (χ4n) is 8.31. The van der Waals surface area contributed by atoms with Crippen molar-refractivity contribution < 1.29 is 9.53 Å². The van der Waals surface area contributed by atoms with Crippen LogP contribution in [-0.2, 0) is 18.3 Å². The van der Waals surface area contributed by atoms with Gasteiger partial charge < -0.3 is 24.8 Å². The molecule has 0 radical (unpaired) electrons. The minimum atomic E-state index is -0.224. The molecule has 2 saturated heterocycles. The van der Waals surface area contributed by atoms with Crippen molar-refractivity contribution in [3.05, 3.63) is 85.2 Å². The molecule has 4 heterocycles. The molecule has 47 heavy (non-hydrogen) atoms. The highest BCUT2D eigenvalue weighted by Crippen LogP contribution is 2.55. The molecule has 3 fully saturated rings. The van der Waals surface area contributed by atoms with Crippen LogP contribution in [0.1, 0.15) is 58.5 Å². The molecule has 1 saturated carbocycles. The Morgan fingerprint density at radius 2 is 1.70 bits per heavy atom. The second-order valence-corrected chi connectivity index (χ2v) is 13.9. The van der Waals surface area contributed by atoms with Crippen molar-refractivity contribution in [1.82, 2.24) is 24.3 Å². The monoisotopic (exact) mass is 638 g/mol. The van der Waals surface area contributed by atoms with Crippen LogP contribution in [0.5, 0.6) is 0 Å². The SMILES string of the molecule is CCN(c1cc(-c2ccc3c(c2)n(C)c(=O)n3C2C3CN(C)CC32)cc(C(=O)NCc2c(C)cc(C)[nH]c2=O)c1C)C1CCOCC1. The number of nitrogens with one attached hydrogen (secondary N) is 2. The van der Waals surface area contributed by atoms with Crippen LogP contribution in [0.2, 0.25) is 0 Å². The molecule has 2 unspecified atom stereocenters. The number of rotatable bonds is 8. The van der Waals surface area contributed by atoms with Crippen LogP contribution in [0, 0.1) is 32.6 Å². The summed E-state index contributed by atoms with van der Waals surface area (Å²) in [6.07, 6.45) is 1.85. The van der Waals surface area contributed by atoms with E-state index in [2.05, 4.69) is 58.3 Å². The normalized spacial score (nSPS) is 21.3. The molecule has 10 nitrogen and oxygen atoms in total. The lowest BCUT2D eigenvalue weighted by Gasteiger charge is -2.37. The molecule has 1 amide bonds. The number of nitrogens with zero attached hydrogens (tertiary/aromatic N) is 4. The zero-order valence-electron chi connectivity index (χ0n) is 28.4. The van der Waals surface area contributed by atoms with E-state index >= 15 is 0 Å². The van der Waals surface area contributed by atoms with Gasteiger partial charge in [0.15, 0.2) is 0 Å². The topological polar surface area (TPSA) is 105 Å². The summed E-state index contributed by atoms with van der Waals surface area (Å²) in [6, 6.07) is 12.9. The summed E-state index contributed by atoms with van der Waals surface area (Å²) in [6.45, 7) is 12.4. The number of piperidine rings is 1. The number of anilines is 1. The standard InChI is InChI=1S/C37H46N6O4/c1-7-42(26-10-12-47-13-11-26)32-17-25(15-27(23(32)4)35(44)38-18-28-21(2)14-22(3)39-36(28)45)24-8-9-31-33(16-24)41(6)37(46)43(31)34-29-19-40(5)20-30(29)34/h8-9,14-17,26,29-30,34H,7,10-13,18-20H2,1-6H3,(H,38,44)(H,39,45). The highest BCUT2D eigenvalue weighted by molar-refractivity contribution is 5.99. The summed E-state index contributed by atoms with van der Waals surface area (Å²) in [5.74, 6) is 0.847. The van der Waals surface area contributed by atoms with Gasteiger partial charge in [0.1, 0.15) is 0 Å². The molecular formula is C37H46N6O4. The first-order valence-corrected chi connectivity index (χ1v) is 16.9. The van der Waals surface area contributed by atoms with E-state index in [-0.39, 0.29) is 29.7 Å². The first-order chi connectivity index (χ1) is 22.6. The van der Waals surface area contributed by atoms with Crippen LogP contribution in [0.4, 0.5) is 5.69 Å². The number of hydrogen-bond acceptors (Lipinski definition) is 6. The molecular weight excluding hydrogens is 592 g/mol. The van der Waals surface area contributed by atoms with Crippen molar-refractivity contribution >= 4 is 22.6 Å². The van der Waals surface area contributed by atoms with E-state index in [0.29, 0.717) is 29.0 Å². The molecule has 1 aliphatic carbocycles. The Balaban J connectivity index is 1.29. The highest BCUT2D eigenvalue weighted by atomic mass is 16.5. The summed E-state index contributed by atoms with van der Waals surface area (Å²) in [5, 5.41) is 3.04. The van der Waals surface area contributed by atoms with Crippen molar-refractivity contribution in [3.8, 4) is 11.1 Å². The Labute approximate surface area is 275 Å². The molecule has 3 aliphatic rings. The predicted molar refractivity (Wildman–Crippen MR) is 185 cm³/mol. The Hall–Kier alpha value is -4.15. The average molecular weight is 639 g/mol. The summed E-state index contributed by atoms with van der Waals surface area (Å²) < 4.78 is 9.46. The fourth-order valence-corrected chi connectivity index (χ4v) is 8.31.